The van der Waals surface area contributed by atoms with Crippen molar-refractivity contribution in [3.63, 3.8) is 0 Å². The van der Waals surface area contributed by atoms with Crippen LogP contribution in [0.5, 0.6) is 0 Å². The Morgan fingerprint density at radius 2 is 1.41 bits per heavy atom. The number of hydrogen-bond donors (Lipinski definition) is 1. The van der Waals surface area contributed by atoms with Crippen LogP contribution in [0.2, 0.25) is 0 Å². The number of hydrazone groups is 1. The minimum Gasteiger partial charge on any atom is -0.279 e. The molecule has 0 aliphatic rings. The summed E-state index contributed by atoms with van der Waals surface area (Å²) in [6, 6.07) is 20.4. The summed E-state index contributed by atoms with van der Waals surface area (Å²) in [6.07, 6.45) is 4.91. The molecule has 0 aliphatic heterocycles. The fourth-order valence-corrected chi connectivity index (χ4v) is 2.59. The molecule has 0 spiro atoms. The second kappa shape index (κ2) is 9.05. The first-order valence-corrected chi connectivity index (χ1v) is 8.58. The molecular formula is C21H16N4O4. The topological polar surface area (TPSA) is 111 Å². The molecule has 3 aromatic rings. The Hall–Kier alpha value is -4.33. The molecule has 0 aromatic heterocycles. The zero-order valence-corrected chi connectivity index (χ0v) is 15.1. The molecule has 1 N–H and O–H groups in total. The van der Waals surface area contributed by atoms with Gasteiger partial charge in [-0.05, 0) is 29.8 Å². The van der Waals surface area contributed by atoms with Crippen LogP contribution in [0.15, 0.2) is 77.9 Å². The van der Waals surface area contributed by atoms with Crippen molar-refractivity contribution in [1.82, 2.24) is 0 Å². The minimum atomic E-state index is -0.661. The highest BCUT2D eigenvalue weighted by atomic mass is 16.6. The molecule has 8 nitrogen and oxygen atoms in total. The van der Waals surface area contributed by atoms with E-state index in [9.17, 15) is 20.2 Å². The summed E-state index contributed by atoms with van der Waals surface area (Å²) in [5.41, 5.74) is 4.99. The first-order valence-electron chi connectivity index (χ1n) is 8.58. The van der Waals surface area contributed by atoms with Crippen molar-refractivity contribution in [3.05, 3.63) is 110 Å². The molecule has 0 saturated carbocycles. The quantitative estimate of drug-likeness (QED) is 0.261. The lowest BCUT2D eigenvalue weighted by Crippen LogP contribution is -1.95. The maximum atomic E-state index is 11.3. The van der Waals surface area contributed by atoms with Crippen LogP contribution in [0.25, 0.3) is 12.2 Å². The second-order valence-corrected chi connectivity index (χ2v) is 5.96. The van der Waals surface area contributed by atoms with Gasteiger partial charge in [0, 0.05) is 11.6 Å². The fraction of sp³-hybridized carbons (Fsp3) is 0. The Morgan fingerprint density at radius 3 is 2.10 bits per heavy atom. The molecule has 0 amide bonds. The number of benzene rings is 3. The molecule has 8 heteroatoms. The summed E-state index contributed by atoms with van der Waals surface area (Å²) < 4.78 is 0. The van der Waals surface area contributed by atoms with Crippen molar-refractivity contribution in [3.8, 4) is 0 Å². The van der Waals surface area contributed by atoms with Gasteiger partial charge in [-0.1, -0.05) is 48.5 Å². The normalized spacial score (nSPS) is 11.0. The summed E-state index contributed by atoms with van der Waals surface area (Å²) in [5, 5.41) is 26.3. The second-order valence-electron chi connectivity index (χ2n) is 5.96. The van der Waals surface area contributed by atoms with E-state index in [0.29, 0.717) is 0 Å². The molecule has 29 heavy (non-hydrogen) atoms. The molecule has 0 radical (unpaired) electrons. The third-order valence-electron chi connectivity index (χ3n) is 4.03. The van der Waals surface area contributed by atoms with Crippen molar-refractivity contribution >= 4 is 35.4 Å². The van der Waals surface area contributed by atoms with Gasteiger partial charge in [0.2, 0.25) is 0 Å². The molecule has 0 atom stereocenters. The zero-order chi connectivity index (χ0) is 20.6. The lowest BCUT2D eigenvalue weighted by atomic mass is 10.1. The van der Waals surface area contributed by atoms with Gasteiger partial charge in [0.15, 0.2) is 0 Å². The van der Waals surface area contributed by atoms with E-state index >= 15 is 0 Å². The van der Waals surface area contributed by atoms with Gasteiger partial charge in [-0.3, -0.25) is 25.7 Å². The van der Waals surface area contributed by atoms with Crippen molar-refractivity contribution in [2.45, 2.75) is 0 Å². The van der Waals surface area contributed by atoms with Gasteiger partial charge in [0.25, 0.3) is 11.4 Å². The number of non-ortho nitro benzene ring substituents is 1. The molecule has 0 aliphatic carbocycles. The predicted molar refractivity (Wildman–Crippen MR) is 113 cm³/mol. The third kappa shape index (κ3) is 5.10. The van der Waals surface area contributed by atoms with Crippen molar-refractivity contribution < 1.29 is 9.85 Å². The number of nitrogens with one attached hydrogen (secondary N) is 1. The van der Waals surface area contributed by atoms with E-state index < -0.39 is 9.85 Å². The molecule has 0 unspecified atom stereocenters. The number of rotatable bonds is 7. The van der Waals surface area contributed by atoms with Crippen LogP contribution in [0.3, 0.4) is 0 Å². The Labute approximate surface area is 166 Å². The van der Waals surface area contributed by atoms with Crippen LogP contribution in [0.4, 0.5) is 17.1 Å². The van der Waals surface area contributed by atoms with Gasteiger partial charge in [0.05, 0.1) is 33.4 Å². The molecular weight excluding hydrogens is 372 g/mol. The molecule has 3 rings (SSSR count). The summed E-state index contributed by atoms with van der Waals surface area (Å²) in [5.74, 6) is 0. The number of nitro benzene ring substituents is 2. The minimum absolute atomic E-state index is 0.273. The van der Waals surface area contributed by atoms with Crippen molar-refractivity contribution in [2.75, 3.05) is 5.43 Å². The van der Waals surface area contributed by atoms with E-state index in [1.807, 2.05) is 54.6 Å². The van der Waals surface area contributed by atoms with Gasteiger partial charge in [-0.25, -0.2) is 0 Å². The number of hydrogen-bond acceptors (Lipinski definition) is 6. The van der Waals surface area contributed by atoms with E-state index in [1.54, 1.807) is 18.4 Å². The lowest BCUT2D eigenvalue weighted by molar-refractivity contribution is -0.394. The first kappa shape index (κ1) is 19.4. The summed E-state index contributed by atoms with van der Waals surface area (Å²) >= 11 is 0. The number of anilines is 1. The van der Waals surface area contributed by atoms with Gasteiger partial charge in [-0.2, -0.15) is 5.10 Å². The molecule has 144 valence electrons. The average molecular weight is 388 g/mol. The Kier molecular flexibility index (Phi) is 6.06. The third-order valence-corrected chi connectivity index (χ3v) is 4.03. The SMILES string of the molecule is O=[N+]([O-])c1ccc(/C=C\c2ccccc2/C=N\Nc2ccccc2)c([N+](=O)[O-])c1. The highest BCUT2D eigenvalue weighted by Crippen LogP contribution is 2.26. The van der Waals surface area contributed by atoms with Crippen LogP contribution in [0, 0.1) is 20.2 Å². The predicted octanol–water partition coefficient (Wildman–Crippen LogP) is 5.12. The monoisotopic (exact) mass is 388 g/mol. The smallest absolute Gasteiger partial charge is 0.279 e. The van der Waals surface area contributed by atoms with Crippen LogP contribution in [-0.2, 0) is 0 Å². The van der Waals surface area contributed by atoms with E-state index in [2.05, 4.69) is 10.5 Å². The Morgan fingerprint density at radius 1 is 0.759 bits per heavy atom. The van der Waals surface area contributed by atoms with Crippen LogP contribution < -0.4 is 5.43 Å². The van der Waals surface area contributed by atoms with Crippen LogP contribution >= 0.6 is 0 Å². The summed E-state index contributed by atoms with van der Waals surface area (Å²) in [7, 11) is 0. The maximum Gasteiger partial charge on any atom is 0.283 e. The van der Waals surface area contributed by atoms with E-state index in [4.69, 9.17) is 0 Å². The standard InChI is InChI=1S/C21H16N4O4/c26-24(27)20-13-12-17(21(14-20)25(28)29)11-10-16-6-4-5-7-18(16)15-22-23-19-8-2-1-3-9-19/h1-15,23H/b11-10-,22-15-. The number of nitro groups is 2. The Balaban J connectivity index is 1.85. The molecule has 0 fully saturated rings. The van der Waals surface area contributed by atoms with E-state index in [1.165, 1.54) is 12.1 Å². The van der Waals surface area contributed by atoms with Gasteiger partial charge in [-0.15, -0.1) is 0 Å². The van der Waals surface area contributed by atoms with Gasteiger partial charge >= 0.3 is 0 Å². The van der Waals surface area contributed by atoms with Crippen LogP contribution in [-0.4, -0.2) is 16.1 Å². The highest BCUT2D eigenvalue weighted by Gasteiger charge is 2.17. The number of para-hydroxylation sites is 1. The Bertz CT molecular complexity index is 1090. The zero-order valence-electron chi connectivity index (χ0n) is 15.1. The van der Waals surface area contributed by atoms with Crippen LogP contribution in [0.1, 0.15) is 16.7 Å². The van der Waals surface area contributed by atoms with E-state index in [-0.39, 0.29) is 16.9 Å². The summed E-state index contributed by atoms with van der Waals surface area (Å²) in [4.78, 5) is 20.8. The fourth-order valence-electron chi connectivity index (χ4n) is 2.59. The molecule has 3 aromatic carbocycles. The molecule has 0 bridgehead atoms. The maximum absolute atomic E-state index is 11.3. The van der Waals surface area contributed by atoms with Gasteiger partial charge < -0.3 is 0 Å². The highest BCUT2D eigenvalue weighted by molar-refractivity contribution is 5.88. The largest absolute Gasteiger partial charge is 0.283 e. The molecule has 0 heterocycles. The van der Waals surface area contributed by atoms with Gasteiger partial charge in [0.1, 0.15) is 0 Å². The first-order chi connectivity index (χ1) is 14.0. The lowest BCUT2D eigenvalue weighted by Gasteiger charge is -2.02. The summed E-state index contributed by atoms with van der Waals surface area (Å²) in [6.45, 7) is 0. The average Bonchev–Trinajstić information content (AvgIpc) is 2.73. The van der Waals surface area contributed by atoms with E-state index in [0.717, 1.165) is 22.9 Å². The van der Waals surface area contributed by atoms with Crippen molar-refractivity contribution in [2.24, 2.45) is 5.10 Å². The molecule has 0 saturated heterocycles. The van der Waals surface area contributed by atoms with Crippen molar-refractivity contribution in [1.29, 1.82) is 0 Å². The number of nitrogens with zero attached hydrogens (tertiary/aromatic N) is 3.